The maximum absolute atomic E-state index is 11.2. The molecule has 0 radical (unpaired) electrons. The van der Waals surface area contributed by atoms with Crippen molar-refractivity contribution in [1.82, 2.24) is 9.97 Å². The average molecular weight is 237 g/mol. The largest absolute Gasteiger partial charge is 0.463 e. The van der Waals surface area contributed by atoms with Crippen LogP contribution in [0.3, 0.4) is 0 Å². The summed E-state index contributed by atoms with van der Waals surface area (Å²) in [6, 6.07) is 2.08. The van der Waals surface area contributed by atoms with Crippen molar-refractivity contribution in [3.05, 3.63) is 18.1 Å². The molecule has 6 heteroatoms. The van der Waals surface area contributed by atoms with Gasteiger partial charge < -0.3 is 14.8 Å². The molecule has 0 atom stereocenters. The van der Waals surface area contributed by atoms with Crippen LogP contribution in [0.25, 0.3) is 0 Å². The molecule has 0 aliphatic heterocycles. The topological polar surface area (TPSA) is 73.3 Å². The first-order valence-corrected chi connectivity index (χ1v) is 5.43. The van der Waals surface area contributed by atoms with Crippen LogP contribution in [-0.2, 0) is 9.47 Å². The molecule has 1 aromatic rings. The van der Waals surface area contributed by atoms with E-state index in [1.54, 1.807) is 13.2 Å². The van der Waals surface area contributed by atoms with Crippen LogP contribution in [0.15, 0.2) is 12.3 Å². The maximum atomic E-state index is 11.2. The summed E-state index contributed by atoms with van der Waals surface area (Å²) >= 11 is 0. The highest BCUT2D eigenvalue weighted by molar-refractivity contribution is 5.85. The smallest absolute Gasteiger partial charge is 0.376 e. The van der Waals surface area contributed by atoms with Gasteiger partial charge in [0.1, 0.15) is 5.82 Å². The summed E-state index contributed by atoms with van der Waals surface area (Å²) in [4.78, 5) is 19.2. The molecule has 2 rings (SSSR count). The SMILES string of the molecule is COC(=O)c1nccc(NC2CC(OC)C2)n1. The number of hydrogen-bond acceptors (Lipinski definition) is 6. The summed E-state index contributed by atoms with van der Waals surface area (Å²) in [6.45, 7) is 0. The highest BCUT2D eigenvalue weighted by Crippen LogP contribution is 2.25. The van der Waals surface area contributed by atoms with E-state index in [0.717, 1.165) is 12.8 Å². The molecule has 1 aromatic heterocycles. The molecule has 0 unspecified atom stereocenters. The lowest BCUT2D eigenvalue weighted by Crippen LogP contribution is -2.40. The Morgan fingerprint density at radius 3 is 2.88 bits per heavy atom. The van der Waals surface area contributed by atoms with Crippen molar-refractivity contribution < 1.29 is 14.3 Å². The molecule has 1 aliphatic rings. The molecule has 92 valence electrons. The molecule has 0 bridgehead atoms. The zero-order valence-corrected chi connectivity index (χ0v) is 9.84. The summed E-state index contributed by atoms with van der Waals surface area (Å²) in [5.74, 6) is 0.178. The van der Waals surface area contributed by atoms with Gasteiger partial charge in [0.05, 0.1) is 13.2 Å². The molecule has 0 spiro atoms. The van der Waals surface area contributed by atoms with Crippen LogP contribution in [0.2, 0.25) is 0 Å². The Bertz CT molecular complexity index is 405. The van der Waals surface area contributed by atoms with E-state index in [2.05, 4.69) is 20.0 Å². The van der Waals surface area contributed by atoms with Gasteiger partial charge in [-0.05, 0) is 18.9 Å². The van der Waals surface area contributed by atoms with Gasteiger partial charge >= 0.3 is 5.97 Å². The van der Waals surface area contributed by atoms with E-state index >= 15 is 0 Å². The third-order valence-electron chi connectivity index (χ3n) is 2.80. The van der Waals surface area contributed by atoms with E-state index in [1.807, 2.05) is 0 Å². The molecule has 1 N–H and O–H groups in total. The van der Waals surface area contributed by atoms with Gasteiger partial charge in [0.15, 0.2) is 0 Å². The molecule has 1 aliphatic carbocycles. The highest BCUT2D eigenvalue weighted by atomic mass is 16.5. The first kappa shape index (κ1) is 11.8. The Balaban J connectivity index is 1.95. The highest BCUT2D eigenvalue weighted by Gasteiger charge is 2.29. The van der Waals surface area contributed by atoms with E-state index in [4.69, 9.17) is 4.74 Å². The lowest BCUT2D eigenvalue weighted by atomic mass is 9.89. The van der Waals surface area contributed by atoms with Crippen LogP contribution in [-0.4, -0.2) is 42.3 Å². The number of rotatable bonds is 4. The van der Waals surface area contributed by atoms with Gasteiger partial charge in [-0.2, -0.15) is 0 Å². The quantitative estimate of drug-likeness (QED) is 0.783. The second kappa shape index (κ2) is 5.09. The predicted molar refractivity (Wildman–Crippen MR) is 60.8 cm³/mol. The van der Waals surface area contributed by atoms with Crippen LogP contribution in [0.5, 0.6) is 0 Å². The number of anilines is 1. The van der Waals surface area contributed by atoms with Crippen molar-refractivity contribution in [2.45, 2.75) is 25.0 Å². The Hall–Kier alpha value is -1.69. The monoisotopic (exact) mass is 237 g/mol. The number of carbonyl (C=O) groups is 1. The standard InChI is InChI=1S/C11H15N3O3/c1-16-8-5-7(6-8)13-9-3-4-12-10(14-9)11(15)17-2/h3-4,7-8H,5-6H2,1-2H3,(H,12,13,14). The van der Waals surface area contributed by atoms with Gasteiger partial charge in [0, 0.05) is 19.3 Å². The zero-order valence-electron chi connectivity index (χ0n) is 9.84. The van der Waals surface area contributed by atoms with E-state index in [1.165, 1.54) is 13.3 Å². The molecule has 1 saturated carbocycles. The molecule has 17 heavy (non-hydrogen) atoms. The number of hydrogen-bond donors (Lipinski definition) is 1. The van der Waals surface area contributed by atoms with Gasteiger partial charge in [-0.1, -0.05) is 0 Å². The van der Waals surface area contributed by atoms with Crippen LogP contribution in [0.4, 0.5) is 5.82 Å². The van der Waals surface area contributed by atoms with Crippen LogP contribution < -0.4 is 5.32 Å². The summed E-state index contributed by atoms with van der Waals surface area (Å²) < 4.78 is 9.75. The zero-order chi connectivity index (χ0) is 12.3. The first-order valence-electron chi connectivity index (χ1n) is 5.43. The molecule has 0 saturated heterocycles. The normalized spacial score (nSPS) is 22.7. The average Bonchev–Trinajstić information content (AvgIpc) is 2.32. The number of aromatic nitrogens is 2. The molecular weight excluding hydrogens is 222 g/mol. The molecule has 0 aromatic carbocycles. The minimum atomic E-state index is -0.531. The number of ether oxygens (including phenoxy) is 2. The Labute approximate surface area is 99.4 Å². The van der Waals surface area contributed by atoms with E-state index in [9.17, 15) is 4.79 Å². The fraction of sp³-hybridized carbons (Fsp3) is 0.545. The summed E-state index contributed by atoms with van der Waals surface area (Å²) in [7, 11) is 3.02. The molecular formula is C11H15N3O3. The van der Waals surface area contributed by atoms with E-state index < -0.39 is 5.97 Å². The molecule has 1 fully saturated rings. The lowest BCUT2D eigenvalue weighted by Gasteiger charge is -2.34. The Kier molecular flexibility index (Phi) is 3.53. The molecule has 1 heterocycles. The number of nitrogens with zero attached hydrogens (tertiary/aromatic N) is 2. The van der Waals surface area contributed by atoms with Crippen LogP contribution in [0.1, 0.15) is 23.5 Å². The van der Waals surface area contributed by atoms with Crippen molar-refractivity contribution in [3.8, 4) is 0 Å². The second-order valence-corrected chi connectivity index (χ2v) is 3.93. The summed E-state index contributed by atoms with van der Waals surface area (Å²) in [6.07, 6.45) is 3.77. The maximum Gasteiger partial charge on any atom is 0.376 e. The third kappa shape index (κ3) is 2.71. The fourth-order valence-electron chi connectivity index (χ4n) is 1.71. The Morgan fingerprint density at radius 2 is 2.24 bits per heavy atom. The van der Waals surface area contributed by atoms with Gasteiger partial charge in [-0.15, -0.1) is 0 Å². The van der Waals surface area contributed by atoms with E-state index in [-0.39, 0.29) is 5.82 Å². The summed E-state index contributed by atoms with van der Waals surface area (Å²) in [5, 5.41) is 3.22. The Morgan fingerprint density at radius 1 is 1.47 bits per heavy atom. The lowest BCUT2D eigenvalue weighted by molar-refractivity contribution is 0.0327. The fourth-order valence-corrected chi connectivity index (χ4v) is 1.71. The van der Waals surface area contributed by atoms with Gasteiger partial charge in [-0.25, -0.2) is 14.8 Å². The summed E-state index contributed by atoms with van der Waals surface area (Å²) in [5.41, 5.74) is 0. The molecule has 0 amide bonds. The first-order chi connectivity index (χ1) is 8.22. The number of esters is 1. The van der Waals surface area contributed by atoms with E-state index in [0.29, 0.717) is 18.0 Å². The van der Waals surface area contributed by atoms with Crippen molar-refractivity contribution in [1.29, 1.82) is 0 Å². The minimum absolute atomic E-state index is 0.0696. The van der Waals surface area contributed by atoms with Crippen molar-refractivity contribution >= 4 is 11.8 Å². The van der Waals surface area contributed by atoms with Gasteiger partial charge in [0.2, 0.25) is 5.82 Å². The second-order valence-electron chi connectivity index (χ2n) is 3.93. The number of methoxy groups -OCH3 is 2. The third-order valence-corrected chi connectivity index (χ3v) is 2.80. The van der Waals surface area contributed by atoms with Gasteiger partial charge in [0.25, 0.3) is 0 Å². The van der Waals surface area contributed by atoms with Crippen molar-refractivity contribution in [3.63, 3.8) is 0 Å². The number of carbonyl (C=O) groups excluding carboxylic acids is 1. The van der Waals surface area contributed by atoms with Gasteiger partial charge in [-0.3, -0.25) is 0 Å². The van der Waals surface area contributed by atoms with Crippen LogP contribution in [0, 0.1) is 0 Å². The molecule has 6 nitrogen and oxygen atoms in total. The predicted octanol–water partition coefficient (Wildman–Crippen LogP) is 0.853. The minimum Gasteiger partial charge on any atom is -0.463 e. The number of nitrogens with one attached hydrogen (secondary N) is 1. The van der Waals surface area contributed by atoms with Crippen LogP contribution >= 0.6 is 0 Å². The van der Waals surface area contributed by atoms with Crippen molar-refractivity contribution in [2.24, 2.45) is 0 Å². The van der Waals surface area contributed by atoms with Crippen molar-refractivity contribution in [2.75, 3.05) is 19.5 Å².